The van der Waals surface area contributed by atoms with E-state index in [-0.39, 0.29) is 0 Å². The van der Waals surface area contributed by atoms with E-state index in [1.807, 2.05) is 60.8 Å². The van der Waals surface area contributed by atoms with Crippen LogP contribution in [0, 0.1) is 6.92 Å². The molecule has 0 N–H and O–H groups in total. The van der Waals surface area contributed by atoms with Crippen molar-refractivity contribution >= 4 is 23.7 Å². The number of benzene rings is 2. The minimum absolute atomic E-state index is 0.788. The summed E-state index contributed by atoms with van der Waals surface area (Å²) in [6.07, 6.45) is 8.00. The van der Waals surface area contributed by atoms with E-state index in [0.717, 1.165) is 45.4 Å². The third-order valence-electron chi connectivity index (χ3n) is 4.85. The van der Waals surface area contributed by atoms with Crippen molar-refractivity contribution in [3.8, 4) is 11.3 Å². The normalized spacial score (nSPS) is 12.3. The molecule has 0 aliphatic heterocycles. The lowest BCUT2D eigenvalue weighted by Crippen LogP contribution is -1.98. The predicted octanol–water partition coefficient (Wildman–Crippen LogP) is 5.89. The zero-order valence-corrected chi connectivity index (χ0v) is 17.9. The molecule has 3 rings (SSSR count). The Morgan fingerprint density at radius 1 is 1.07 bits per heavy atom. The Morgan fingerprint density at radius 2 is 1.76 bits per heavy atom. The Bertz CT molecular complexity index is 1000. The fourth-order valence-corrected chi connectivity index (χ4v) is 4.34. The average Bonchev–Trinajstić information content (AvgIpc) is 3.08. The highest BCUT2D eigenvalue weighted by atomic mass is 32.2. The van der Waals surface area contributed by atoms with Crippen LogP contribution in [0.4, 0.5) is 0 Å². The van der Waals surface area contributed by atoms with E-state index in [0.29, 0.717) is 0 Å². The van der Waals surface area contributed by atoms with Crippen LogP contribution in [0.25, 0.3) is 17.5 Å². The molecule has 5 heteroatoms. The molecule has 1 heterocycles. The van der Waals surface area contributed by atoms with Gasteiger partial charge in [0.1, 0.15) is 5.82 Å². The van der Waals surface area contributed by atoms with Crippen molar-refractivity contribution < 1.29 is 4.21 Å². The van der Waals surface area contributed by atoms with E-state index in [2.05, 4.69) is 30.1 Å². The molecular formula is C24H27N3OS. The highest BCUT2D eigenvalue weighted by Gasteiger charge is 2.15. The molecule has 1 atom stereocenters. The van der Waals surface area contributed by atoms with Crippen LogP contribution in [0.2, 0.25) is 0 Å². The maximum atomic E-state index is 12.8. The molecule has 4 nitrogen and oxygen atoms in total. The maximum Gasteiger partial charge on any atom is 0.113 e. The summed E-state index contributed by atoms with van der Waals surface area (Å²) < 4.78 is 14.8. The molecule has 29 heavy (non-hydrogen) atoms. The number of hydrogen-bond donors (Lipinski definition) is 0. The van der Waals surface area contributed by atoms with E-state index in [1.165, 1.54) is 12.8 Å². The van der Waals surface area contributed by atoms with E-state index in [4.69, 9.17) is 4.98 Å². The maximum absolute atomic E-state index is 12.8. The Labute approximate surface area is 175 Å². The predicted molar refractivity (Wildman–Crippen MR) is 122 cm³/mol. The Balaban J connectivity index is 1.90. The second-order valence-electron chi connectivity index (χ2n) is 6.88. The Hall–Kier alpha value is -2.79. The van der Waals surface area contributed by atoms with Gasteiger partial charge in [-0.05, 0) is 44.3 Å². The van der Waals surface area contributed by atoms with Gasteiger partial charge < -0.3 is 4.57 Å². The highest BCUT2D eigenvalue weighted by molar-refractivity contribution is 7.85. The first-order valence-electron chi connectivity index (χ1n) is 9.93. The van der Waals surface area contributed by atoms with Crippen LogP contribution in [0.1, 0.15) is 37.7 Å². The van der Waals surface area contributed by atoms with Gasteiger partial charge >= 0.3 is 0 Å². The van der Waals surface area contributed by atoms with Gasteiger partial charge in [-0.15, -0.1) is 0 Å². The SMILES string of the molecule is C=N/C=C\n1c(CCCCC)nc(-c2ccc(S(=O)c3ccccc3)cc2)c1C. The van der Waals surface area contributed by atoms with Gasteiger partial charge in [-0.25, -0.2) is 9.19 Å². The summed E-state index contributed by atoms with van der Waals surface area (Å²) in [6.45, 7) is 7.79. The average molecular weight is 406 g/mol. The fourth-order valence-electron chi connectivity index (χ4n) is 3.28. The molecule has 1 aromatic heterocycles. The molecule has 0 bridgehead atoms. The summed E-state index contributed by atoms with van der Waals surface area (Å²) in [5.41, 5.74) is 3.03. The van der Waals surface area contributed by atoms with Gasteiger partial charge in [-0.1, -0.05) is 50.1 Å². The van der Waals surface area contributed by atoms with Crippen molar-refractivity contribution in [1.82, 2.24) is 9.55 Å². The van der Waals surface area contributed by atoms with Crippen LogP contribution in [-0.4, -0.2) is 20.5 Å². The van der Waals surface area contributed by atoms with Crippen molar-refractivity contribution in [2.45, 2.75) is 49.3 Å². The van der Waals surface area contributed by atoms with Crippen molar-refractivity contribution in [2.75, 3.05) is 0 Å². The van der Waals surface area contributed by atoms with Gasteiger partial charge in [0.25, 0.3) is 0 Å². The molecule has 1 unspecified atom stereocenters. The van der Waals surface area contributed by atoms with E-state index < -0.39 is 10.8 Å². The number of aliphatic imine (C=N–C) groups is 1. The van der Waals surface area contributed by atoms with Gasteiger partial charge in [-0.3, -0.25) is 4.99 Å². The first-order chi connectivity index (χ1) is 14.2. The zero-order chi connectivity index (χ0) is 20.6. The number of aryl methyl sites for hydroxylation is 1. The third-order valence-corrected chi connectivity index (χ3v) is 6.25. The lowest BCUT2D eigenvalue weighted by atomic mass is 10.1. The van der Waals surface area contributed by atoms with Crippen molar-refractivity contribution in [3.63, 3.8) is 0 Å². The molecule has 0 saturated heterocycles. The minimum atomic E-state index is -1.18. The van der Waals surface area contributed by atoms with Crippen LogP contribution in [0.5, 0.6) is 0 Å². The lowest BCUT2D eigenvalue weighted by Gasteiger charge is -2.05. The van der Waals surface area contributed by atoms with Crippen LogP contribution in [0.3, 0.4) is 0 Å². The van der Waals surface area contributed by atoms with Crippen molar-refractivity contribution in [1.29, 1.82) is 0 Å². The molecule has 0 spiro atoms. The summed E-state index contributed by atoms with van der Waals surface area (Å²) in [7, 11) is -1.18. The summed E-state index contributed by atoms with van der Waals surface area (Å²) in [5.74, 6) is 1.03. The number of imidazole rings is 1. The minimum Gasteiger partial charge on any atom is -0.306 e. The molecule has 0 aliphatic carbocycles. The summed E-state index contributed by atoms with van der Waals surface area (Å²) in [5, 5.41) is 0. The van der Waals surface area contributed by atoms with Gasteiger partial charge in [0.05, 0.1) is 16.5 Å². The van der Waals surface area contributed by atoms with Crippen molar-refractivity contribution in [2.24, 2.45) is 4.99 Å². The molecule has 0 amide bonds. The number of unbranched alkanes of at least 4 members (excludes halogenated alkanes) is 2. The van der Waals surface area contributed by atoms with E-state index in [1.54, 1.807) is 6.20 Å². The van der Waals surface area contributed by atoms with Crippen molar-refractivity contribution in [3.05, 3.63) is 72.3 Å². The molecule has 0 saturated carbocycles. The van der Waals surface area contributed by atoms with E-state index >= 15 is 0 Å². The standard InChI is InChI=1S/C24H27N3OS/c1-4-5-7-12-23-26-24(19(2)27(23)18-17-25-3)20-13-15-22(16-14-20)29(28)21-10-8-6-9-11-21/h6,8-11,13-18H,3-5,7,12H2,1-2H3/b18-17-. The largest absolute Gasteiger partial charge is 0.306 e. The molecule has 0 radical (unpaired) electrons. The quantitative estimate of drug-likeness (QED) is 0.329. The third kappa shape index (κ3) is 4.98. The van der Waals surface area contributed by atoms with Crippen LogP contribution in [0.15, 0.2) is 75.6 Å². The van der Waals surface area contributed by atoms with Gasteiger partial charge in [-0.2, -0.15) is 0 Å². The van der Waals surface area contributed by atoms with Crippen LogP contribution >= 0.6 is 0 Å². The van der Waals surface area contributed by atoms with Gasteiger partial charge in [0, 0.05) is 39.9 Å². The van der Waals surface area contributed by atoms with Crippen LogP contribution in [-0.2, 0) is 17.2 Å². The first-order valence-corrected chi connectivity index (χ1v) is 11.1. The first kappa shape index (κ1) is 20.9. The van der Waals surface area contributed by atoms with Gasteiger partial charge in [0.15, 0.2) is 0 Å². The Morgan fingerprint density at radius 3 is 2.41 bits per heavy atom. The summed E-state index contributed by atoms with van der Waals surface area (Å²) in [6, 6.07) is 17.4. The summed E-state index contributed by atoms with van der Waals surface area (Å²) in [4.78, 5) is 10.3. The molecule has 0 aliphatic rings. The second kappa shape index (κ2) is 10.1. The highest BCUT2D eigenvalue weighted by Crippen LogP contribution is 2.27. The monoisotopic (exact) mass is 405 g/mol. The lowest BCUT2D eigenvalue weighted by molar-refractivity contribution is 0.683. The number of hydrogen-bond acceptors (Lipinski definition) is 3. The zero-order valence-electron chi connectivity index (χ0n) is 17.0. The van der Waals surface area contributed by atoms with Gasteiger partial charge in [0.2, 0.25) is 0 Å². The molecule has 0 fully saturated rings. The fraction of sp³-hybridized carbons (Fsp3) is 0.250. The molecule has 150 valence electrons. The van der Waals surface area contributed by atoms with Crippen LogP contribution < -0.4 is 0 Å². The smallest absolute Gasteiger partial charge is 0.113 e. The number of rotatable bonds is 9. The topological polar surface area (TPSA) is 47.2 Å². The second-order valence-corrected chi connectivity index (χ2v) is 8.36. The number of aromatic nitrogens is 2. The summed E-state index contributed by atoms with van der Waals surface area (Å²) >= 11 is 0. The Kier molecular flexibility index (Phi) is 7.30. The molecule has 2 aromatic carbocycles. The molecular weight excluding hydrogens is 378 g/mol. The number of nitrogens with zero attached hydrogens (tertiary/aromatic N) is 3. The van der Waals surface area contributed by atoms with E-state index in [9.17, 15) is 4.21 Å². The molecule has 3 aromatic rings.